The maximum absolute atomic E-state index is 6.31. The molecule has 2 atom stereocenters. The third-order valence-corrected chi connectivity index (χ3v) is 4.83. The number of aromatic nitrogens is 2. The van der Waals surface area contributed by atoms with Crippen molar-refractivity contribution in [2.75, 3.05) is 0 Å². The van der Waals surface area contributed by atoms with E-state index in [9.17, 15) is 0 Å². The van der Waals surface area contributed by atoms with Gasteiger partial charge in [-0.25, -0.2) is 0 Å². The zero-order valence-electron chi connectivity index (χ0n) is 12.5. The van der Waals surface area contributed by atoms with Crippen molar-refractivity contribution >= 4 is 11.6 Å². The maximum Gasteiger partial charge on any atom is 0.0628 e. The van der Waals surface area contributed by atoms with Gasteiger partial charge in [-0.2, -0.15) is 5.10 Å². The first-order valence-electron chi connectivity index (χ1n) is 7.76. The van der Waals surface area contributed by atoms with E-state index in [2.05, 4.69) is 37.7 Å². The SMILES string of the molecule is CC(C)C(Cc1ccn(C2CCCCC2)n1)C(C)Cl. The van der Waals surface area contributed by atoms with Crippen molar-refractivity contribution in [2.45, 2.75) is 70.7 Å². The Labute approximate surface area is 122 Å². The molecule has 19 heavy (non-hydrogen) atoms. The smallest absolute Gasteiger partial charge is 0.0628 e. The molecule has 108 valence electrons. The first kappa shape index (κ1) is 14.9. The van der Waals surface area contributed by atoms with Crippen LogP contribution in [0, 0.1) is 11.8 Å². The second-order valence-electron chi connectivity index (χ2n) is 6.37. The molecule has 0 radical (unpaired) electrons. The molecule has 1 aromatic heterocycles. The van der Waals surface area contributed by atoms with Gasteiger partial charge in [-0.1, -0.05) is 33.1 Å². The Balaban J connectivity index is 1.99. The Kier molecular flexibility index (Phi) is 5.32. The number of nitrogens with zero attached hydrogens (tertiary/aromatic N) is 2. The third-order valence-electron chi connectivity index (χ3n) is 4.50. The van der Waals surface area contributed by atoms with Gasteiger partial charge in [-0.05, 0) is 44.1 Å². The lowest BCUT2D eigenvalue weighted by Gasteiger charge is -2.23. The van der Waals surface area contributed by atoms with E-state index >= 15 is 0 Å². The fourth-order valence-corrected chi connectivity index (χ4v) is 3.59. The molecule has 0 N–H and O–H groups in total. The van der Waals surface area contributed by atoms with E-state index in [4.69, 9.17) is 16.7 Å². The topological polar surface area (TPSA) is 17.8 Å². The first-order chi connectivity index (χ1) is 9.08. The second kappa shape index (κ2) is 6.78. The Bertz CT molecular complexity index is 370. The third kappa shape index (κ3) is 3.98. The van der Waals surface area contributed by atoms with Crippen molar-refractivity contribution in [3.8, 4) is 0 Å². The lowest BCUT2D eigenvalue weighted by molar-refractivity contribution is 0.324. The molecule has 1 saturated carbocycles. The van der Waals surface area contributed by atoms with Crippen LogP contribution < -0.4 is 0 Å². The van der Waals surface area contributed by atoms with Crippen molar-refractivity contribution in [3.05, 3.63) is 18.0 Å². The molecule has 0 bridgehead atoms. The van der Waals surface area contributed by atoms with Crippen LogP contribution in [0.15, 0.2) is 12.3 Å². The first-order valence-corrected chi connectivity index (χ1v) is 8.19. The van der Waals surface area contributed by atoms with E-state index in [0.717, 1.165) is 6.42 Å². The quantitative estimate of drug-likeness (QED) is 0.707. The van der Waals surface area contributed by atoms with Gasteiger partial charge in [0.05, 0.1) is 11.7 Å². The van der Waals surface area contributed by atoms with Gasteiger partial charge in [0.2, 0.25) is 0 Å². The summed E-state index contributed by atoms with van der Waals surface area (Å²) in [6, 6.07) is 2.82. The number of rotatable bonds is 5. The zero-order valence-corrected chi connectivity index (χ0v) is 13.2. The molecule has 1 fully saturated rings. The van der Waals surface area contributed by atoms with Crippen molar-refractivity contribution in [2.24, 2.45) is 11.8 Å². The normalized spacial score (nSPS) is 20.7. The van der Waals surface area contributed by atoms with Gasteiger partial charge in [0.15, 0.2) is 0 Å². The van der Waals surface area contributed by atoms with Crippen LogP contribution in [-0.4, -0.2) is 15.2 Å². The standard InChI is InChI=1S/C16H27ClN2/c1-12(2)16(13(3)17)11-14-9-10-19(18-14)15-7-5-4-6-8-15/h9-10,12-13,15-16H,4-8,11H2,1-3H3. The molecule has 2 unspecified atom stereocenters. The van der Waals surface area contributed by atoms with Crippen LogP contribution in [0.1, 0.15) is 64.6 Å². The summed E-state index contributed by atoms with van der Waals surface area (Å²) >= 11 is 6.31. The number of alkyl halides is 1. The molecule has 0 saturated heterocycles. The van der Waals surface area contributed by atoms with Crippen molar-refractivity contribution in [1.29, 1.82) is 0 Å². The Morgan fingerprint density at radius 3 is 2.53 bits per heavy atom. The summed E-state index contributed by atoms with van der Waals surface area (Å²) in [5.41, 5.74) is 1.21. The highest BCUT2D eigenvalue weighted by Gasteiger charge is 2.22. The minimum atomic E-state index is 0.208. The molecule has 2 nitrogen and oxygen atoms in total. The van der Waals surface area contributed by atoms with Crippen molar-refractivity contribution < 1.29 is 0 Å². The van der Waals surface area contributed by atoms with Crippen LogP contribution in [0.3, 0.4) is 0 Å². The monoisotopic (exact) mass is 282 g/mol. The van der Waals surface area contributed by atoms with Crippen LogP contribution in [0.5, 0.6) is 0 Å². The molecule has 0 aromatic carbocycles. The van der Waals surface area contributed by atoms with Gasteiger partial charge in [-0.3, -0.25) is 4.68 Å². The summed E-state index contributed by atoms with van der Waals surface area (Å²) in [6.45, 7) is 6.60. The predicted molar refractivity (Wildman–Crippen MR) is 81.7 cm³/mol. The summed E-state index contributed by atoms with van der Waals surface area (Å²) in [6.07, 6.45) is 9.86. The van der Waals surface area contributed by atoms with E-state index in [0.29, 0.717) is 17.9 Å². The Hall–Kier alpha value is -0.500. The fourth-order valence-electron chi connectivity index (χ4n) is 3.21. The second-order valence-corrected chi connectivity index (χ2v) is 7.06. The van der Waals surface area contributed by atoms with Crippen molar-refractivity contribution in [1.82, 2.24) is 9.78 Å². The fraction of sp³-hybridized carbons (Fsp3) is 0.812. The molecule has 1 heterocycles. The van der Waals surface area contributed by atoms with E-state index in [-0.39, 0.29) is 5.38 Å². The maximum atomic E-state index is 6.31. The van der Waals surface area contributed by atoms with Crippen LogP contribution in [0.2, 0.25) is 0 Å². The van der Waals surface area contributed by atoms with Gasteiger partial charge in [0, 0.05) is 11.6 Å². The highest BCUT2D eigenvalue weighted by atomic mass is 35.5. The van der Waals surface area contributed by atoms with Crippen LogP contribution >= 0.6 is 11.6 Å². The molecule has 1 aliphatic rings. The van der Waals surface area contributed by atoms with Gasteiger partial charge in [0.25, 0.3) is 0 Å². The van der Waals surface area contributed by atoms with Crippen LogP contribution in [0.25, 0.3) is 0 Å². The highest BCUT2D eigenvalue weighted by Crippen LogP contribution is 2.28. The van der Waals surface area contributed by atoms with E-state index in [1.165, 1.54) is 37.8 Å². The average molecular weight is 283 g/mol. The average Bonchev–Trinajstić information content (AvgIpc) is 2.85. The summed E-state index contributed by atoms with van der Waals surface area (Å²) in [5.74, 6) is 1.11. The summed E-state index contributed by atoms with van der Waals surface area (Å²) < 4.78 is 2.20. The van der Waals surface area contributed by atoms with Gasteiger partial charge in [-0.15, -0.1) is 11.6 Å². The van der Waals surface area contributed by atoms with Crippen LogP contribution in [0.4, 0.5) is 0 Å². The summed E-state index contributed by atoms with van der Waals surface area (Å²) in [7, 11) is 0. The van der Waals surface area contributed by atoms with E-state index in [1.54, 1.807) is 0 Å². The summed E-state index contributed by atoms with van der Waals surface area (Å²) in [5, 5.41) is 5.00. The Morgan fingerprint density at radius 1 is 1.26 bits per heavy atom. The molecule has 0 amide bonds. The molecule has 1 aromatic rings. The van der Waals surface area contributed by atoms with E-state index < -0.39 is 0 Å². The number of hydrogen-bond donors (Lipinski definition) is 0. The molecule has 2 rings (SSSR count). The number of halogens is 1. The lowest BCUT2D eigenvalue weighted by Crippen LogP contribution is -2.21. The molecular formula is C16H27ClN2. The zero-order chi connectivity index (χ0) is 13.8. The van der Waals surface area contributed by atoms with Gasteiger partial charge < -0.3 is 0 Å². The molecule has 0 spiro atoms. The minimum Gasteiger partial charge on any atom is -0.269 e. The summed E-state index contributed by atoms with van der Waals surface area (Å²) in [4.78, 5) is 0. The van der Waals surface area contributed by atoms with Crippen LogP contribution in [-0.2, 0) is 6.42 Å². The minimum absolute atomic E-state index is 0.208. The molecular weight excluding hydrogens is 256 g/mol. The van der Waals surface area contributed by atoms with Gasteiger partial charge >= 0.3 is 0 Å². The van der Waals surface area contributed by atoms with Gasteiger partial charge in [0.1, 0.15) is 0 Å². The Morgan fingerprint density at radius 2 is 1.95 bits per heavy atom. The van der Waals surface area contributed by atoms with Crippen molar-refractivity contribution in [3.63, 3.8) is 0 Å². The molecule has 1 aliphatic carbocycles. The highest BCUT2D eigenvalue weighted by molar-refractivity contribution is 6.20. The largest absolute Gasteiger partial charge is 0.269 e. The van der Waals surface area contributed by atoms with E-state index in [1.807, 2.05) is 0 Å². The lowest BCUT2D eigenvalue weighted by atomic mass is 9.89. The molecule has 0 aliphatic heterocycles. The predicted octanol–water partition coefficient (Wildman–Crippen LogP) is 4.83. The number of hydrogen-bond acceptors (Lipinski definition) is 1. The molecule has 3 heteroatoms.